The number of halogens is 5. The smallest absolute Gasteiger partial charge is 0.424 e. The summed E-state index contributed by atoms with van der Waals surface area (Å²) >= 11 is 11.8. The van der Waals surface area contributed by atoms with Gasteiger partial charge in [0.05, 0.1) is 16.9 Å². The van der Waals surface area contributed by atoms with Crippen LogP contribution in [0.2, 0.25) is 10.3 Å². The number of aryl methyl sites for hydroxylation is 2. The number of benzene rings is 1. The van der Waals surface area contributed by atoms with Gasteiger partial charge in [0.25, 0.3) is 0 Å². The van der Waals surface area contributed by atoms with Gasteiger partial charge in [0, 0.05) is 6.20 Å². The molecule has 0 saturated carbocycles. The van der Waals surface area contributed by atoms with Crippen molar-refractivity contribution >= 4 is 23.2 Å². The number of nitrogens with zero attached hydrogens (tertiary/aromatic N) is 4. The molecule has 27 heavy (non-hydrogen) atoms. The van der Waals surface area contributed by atoms with Crippen LogP contribution in [0.1, 0.15) is 17.0 Å². The van der Waals surface area contributed by atoms with E-state index in [-0.39, 0.29) is 11.3 Å². The molecule has 140 valence electrons. The Labute approximate surface area is 162 Å². The van der Waals surface area contributed by atoms with E-state index in [4.69, 9.17) is 27.9 Å². The van der Waals surface area contributed by atoms with E-state index in [0.717, 1.165) is 17.8 Å². The Bertz CT molecular complexity index is 936. The van der Waals surface area contributed by atoms with E-state index in [0.29, 0.717) is 29.3 Å². The third kappa shape index (κ3) is 5.27. The second kappa shape index (κ2) is 8.06. The van der Waals surface area contributed by atoms with Crippen LogP contribution >= 0.6 is 23.2 Å². The van der Waals surface area contributed by atoms with Crippen molar-refractivity contribution in [3.8, 4) is 11.8 Å². The Morgan fingerprint density at radius 3 is 2.37 bits per heavy atom. The van der Waals surface area contributed by atoms with Crippen molar-refractivity contribution < 1.29 is 17.9 Å². The van der Waals surface area contributed by atoms with Crippen molar-refractivity contribution in [1.29, 1.82) is 0 Å². The minimum absolute atomic E-state index is 0.124. The van der Waals surface area contributed by atoms with Crippen LogP contribution in [-0.2, 0) is 19.0 Å². The van der Waals surface area contributed by atoms with E-state index >= 15 is 0 Å². The predicted molar refractivity (Wildman–Crippen MR) is 93.0 cm³/mol. The molecular weight excluding hydrogens is 404 g/mol. The highest BCUT2D eigenvalue weighted by Gasteiger charge is 2.33. The number of rotatable bonds is 5. The molecule has 10 heteroatoms. The fourth-order valence-corrected chi connectivity index (χ4v) is 2.53. The lowest BCUT2D eigenvalue weighted by atomic mass is 10.1. The molecule has 0 unspecified atom stereocenters. The van der Waals surface area contributed by atoms with Gasteiger partial charge in [-0.2, -0.15) is 18.2 Å². The zero-order valence-corrected chi connectivity index (χ0v) is 15.1. The second-order valence-electron chi connectivity index (χ2n) is 5.40. The van der Waals surface area contributed by atoms with E-state index in [2.05, 4.69) is 19.9 Å². The highest BCUT2D eigenvalue weighted by molar-refractivity contribution is 6.31. The summed E-state index contributed by atoms with van der Waals surface area (Å²) in [6.07, 6.45) is -0.935. The molecule has 0 saturated heterocycles. The van der Waals surface area contributed by atoms with Crippen molar-refractivity contribution in [2.75, 3.05) is 0 Å². The number of alkyl halides is 3. The van der Waals surface area contributed by atoms with Gasteiger partial charge in [-0.25, -0.2) is 15.0 Å². The Morgan fingerprint density at radius 2 is 1.67 bits per heavy atom. The first-order chi connectivity index (χ1) is 12.8. The molecule has 2 aromatic heterocycles. The first-order valence-electron chi connectivity index (χ1n) is 7.65. The van der Waals surface area contributed by atoms with Gasteiger partial charge in [0.15, 0.2) is 5.69 Å². The molecule has 1 aromatic carbocycles. The van der Waals surface area contributed by atoms with Crippen molar-refractivity contribution in [3.63, 3.8) is 0 Å². The summed E-state index contributed by atoms with van der Waals surface area (Å²) in [6.45, 7) is 0. The zero-order valence-electron chi connectivity index (χ0n) is 13.5. The number of hydrogen-bond acceptors (Lipinski definition) is 5. The molecule has 3 rings (SSSR count). The van der Waals surface area contributed by atoms with Crippen LogP contribution in [0.15, 0.2) is 42.7 Å². The quantitative estimate of drug-likeness (QED) is 0.538. The first-order valence-corrected chi connectivity index (χ1v) is 8.41. The Morgan fingerprint density at radius 1 is 0.926 bits per heavy atom. The third-order valence-electron chi connectivity index (χ3n) is 3.49. The van der Waals surface area contributed by atoms with Crippen LogP contribution in [0, 0.1) is 0 Å². The lowest BCUT2D eigenvalue weighted by Crippen LogP contribution is -2.08. The van der Waals surface area contributed by atoms with Crippen LogP contribution in [0.25, 0.3) is 0 Å². The van der Waals surface area contributed by atoms with Gasteiger partial charge in [-0.1, -0.05) is 23.7 Å². The van der Waals surface area contributed by atoms with Crippen LogP contribution in [-0.4, -0.2) is 19.9 Å². The number of hydrogen-bond donors (Lipinski definition) is 0. The molecule has 0 N–H and O–H groups in total. The lowest BCUT2D eigenvalue weighted by Gasteiger charge is -2.08. The highest BCUT2D eigenvalue weighted by Crippen LogP contribution is 2.29. The molecule has 0 spiro atoms. The van der Waals surface area contributed by atoms with Gasteiger partial charge in [0.2, 0.25) is 5.28 Å². The highest BCUT2D eigenvalue weighted by atomic mass is 35.5. The van der Waals surface area contributed by atoms with Crippen LogP contribution in [0.5, 0.6) is 11.8 Å². The largest absolute Gasteiger partial charge is 0.433 e. The molecule has 0 aliphatic carbocycles. The molecule has 2 heterocycles. The van der Waals surface area contributed by atoms with Crippen LogP contribution in [0.4, 0.5) is 13.2 Å². The maximum absolute atomic E-state index is 12.7. The van der Waals surface area contributed by atoms with Gasteiger partial charge < -0.3 is 4.74 Å². The number of aromatic nitrogens is 4. The molecule has 0 fully saturated rings. The first kappa shape index (κ1) is 19.3. The fourth-order valence-electron chi connectivity index (χ4n) is 2.19. The molecule has 0 atom stereocenters. The van der Waals surface area contributed by atoms with Gasteiger partial charge in [0.1, 0.15) is 5.75 Å². The monoisotopic (exact) mass is 414 g/mol. The molecular formula is C17H11Cl2F3N4O. The molecule has 0 aliphatic rings. The average Bonchev–Trinajstić information content (AvgIpc) is 2.63. The summed E-state index contributed by atoms with van der Waals surface area (Å²) in [7, 11) is 0. The predicted octanol–water partition coefficient (Wildman–Crippen LogP) is 5.17. The molecule has 0 aliphatic heterocycles. The summed E-state index contributed by atoms with van der Waals surface area (Å²) < 4.78 is 43.3. The minimum Gasteiger partial charge on any atom is -0.424 e. The SMILES string of the molecule is FC(F)(F)c1ccnc(Oc2ccc(CCc3nc(Cl)ncc3Cl)cc2)n1. The topological polar surface area (TPSA) is 60.8 Å². The van der Waals surface area contributed by atoms with E-state index in [1.54, 1.807) is 24.3 Å². The molecule has 5 nitrogen and oxygen atoms in total. The van der Waals surface area contributed by atoms with E-state index < -0.39 is 11.9 Å². The van der Waals surface area contributed by atoms with Crippen LogP contribution < -0.4 is 4.74 Å². The Kier molecular flexibility index (Phi) is 5.76. The van der Waals surface area contributed by atoms with Crippen molar-refractivity contribution in [1.82, 2.24) is 19.9 Å². The summed E-state index contributed by atoms with van der Waals surface area (Å²) in [5.41, 5.74) is 0.525. The van der Waals surface area contributed by atoms with Gasteiger partial charge in [-0.3, -0.25) is 0 Å². The summed E-state index contributed by atoms with van der Waals surface area (Å²) in [5.74, 6) is 0.321. The summed E-state index contributed by atoms with van der Waals surface area (Å²) in [4.78, 5) is 14.9. The van der Waals surface area contributed by atoms with Gasteiger partial charge >= 0.3 is 12.2 Å². The van der Waals surface area contributed by atoms with Gasteiger partial charge in [-0.05, 0) is 48.2 Å². The average molecular weight is 415 g/mol. The standard InChI is InChI=1S/C17H11Cl2F3N4O/c18-12-9-24-15(19)25-13(12)6-3-10-1-4-11(5-2-10)27-16-23-8-7-14(26-16)17(20,21)22/h1-2,4-5,7-9H,3,6H2. The Hall–Kier alpha value is -2.45. The van der Waals surface area contributed by atoms with E-state index in [1.165, 1.54) is 6.20 Å². The normalized spacial score (nSPS) is 11.4. The van der Waals surface area contributed by atoms with E-state index in [9.17, 15) is 13.2 Å². The Balaban J connectivity index is 1.65. The zero-order chi connectivity index (χ0) is 19.4. The van der Waals surface area contributed by atoms with Gasteiger partial charge in [-0.15, -0.1) is 0 Å². The van der Waals surface area contributed by atoms with E-state index in [1.807, 2.05) is 0 Å². The number of ether oxygens (including phenoxy) is 1. The van der Waals surface area contributed by atoms with Crippen LogP contribution in [0.3, 0.4) is 0 Å². The maximum Gasteiger partial charge on any atom is 0.433 e. The molecule has 0 radical (unpaired) electrons. The fraction of sp³-hybridized carbons (Fsp3) is 0.176. The summed E-state index contributed by atoms with van der Waals surface area (Å²) in [5, 5.41) is 0.556. The second-order valence-corrected chi connectivity index (χ2v) is 6.15. The third-order valence-corrected chi connectivity index (χ3v) is 3.99. The lowest BCUT2D eigenvalue weighted by molar-refractivity contribution is -0.141. The molecule has 0 amide bonds. The maximum atomic E-state index is 12.7. The van der Waals surface area contributed by atoms with Crippen molar-refractivity contribution in [2.24, 2.45) is 0 Å². The molecule has 3 aromatic rings. The summed E-state index contributed by atoms with van der Waals surface area (Å²) in [6, 6.07) is 7.20. The van der Waals surface area contributed by atoms with Crippen molar-refractivity contribution in [2.45, 2.75) is 19.0 Å². The van der Waals surface area contributed by atoms with Crippen molar-refractivity contribution in [3.05, 3.63) is 70.0 Å². The molecule has 0 bridgehead atoms. The minimum atomic E-state index is -4.56.